The number of halogens is 2. The van der Waals surface area contributed by atoms with E-state index in [1.807, 2.05) is 0 Å². The van der Waals surface area contributed by atoms with Crippen LogP contribution in [-0.4, -0.2) is 59.1 Å². The largest absolute Gasteiger partial charge is 0.392 e. The van der Waals surface area contributed by atoms with Crippen LogP contribution in [0.4, 0.5) is 8.78 Å². The van der Waals surface area contributed by atoms with E-state index in [2.05, 4.69) is 4.90 Å². The molecule has 0 radical (unpaired) electrons. The van der Waals surface area contributed by atoms with Crippen LogP contribution in [0.5, 0.6) is 0 Å². The van der Waals surface area contributed by atoms with Crippen molar-refractivity contribution >= 4 is 5.91 Å². The van der Waals surface area contributed by atoms with Crippen molar-refractivity contribution in [2.45, 2.75) is 44.8 Å². The van der Waals surface area contributed by atoms with Gasteiger partial charge in [0.25, 0.3) is 5.91 Å². The summed E-state index contributed by atoms with van der Waals surface area (Å²) in [5, 5.41) is 9.79. The Kier molecular flexibility index (Phi) is 5.15. The van der Waals surface area contributed by atoms with Gasteiger partial charge in [-0.25, -0.2) is 8.78 Å². The molecule has 1 N–H and O–H groups in total. The molecule has 132 valence electrons. The van der Waals surface area contributed by atoms with Crippen molar-refractivity contribution in [2.75, 3.05) is 26.2 Å². The summed E-state index contributed by atoms with van der Waals surface area (Å²) < 4.78 is 27.7. The van der Waals surface area contributed by atoms with Crippen LogP contribution in [0.15, 0.2) is 12.1 Å². The molecule has 1 aromatic carbocycles. The molecule has 2 saturated heterocycles. The molecule has 2 aliphatic rings. The first-order valence-electron chi connectivity index (χ1n) is 8.63. The molecule has 0 unspecified atom stereocenters. The summed E-state index contributed by atoms with van der Waals surface area (Å²) in [6, 6.07) is 3.15. The molecule has 1 atom stereocenters. The standard InChI is InChI=1S/C18H24F2N2O2/c1-12-4-5-15(17(20)16(12)19)18(24)21-9-6-13(7-10-21)22-8-2-3-14(23)11-22/h4-5,13-14,23H,2-3,6-11H2,1H3/t14-/m0/s1. The van der Waals surface area contributed by atoms with E-state index in [1.165, 1.54) is 19.1 Å². The summed E-state index contributed by atoms with van der Waals surface area (Å²) in [5.74, 6) is -2.44. The zero-order valence-corrected chi connectivity index (χ0v) is 14.0. The summed E-state index contributed by atoms with van der Waals surface area (Å²) in [6.45, 7) is 4.21. The lowest BCUT2D eigenvalue weighted by Gasteiger charge is -2.41. The van der Waals surface area contributed by atoms with Crippen LogP contribution in [0.3, 0.4) is 0 Å². The summed E-state index contributed by atoms with van der Waals surface area (Å²) in [4.78, 5) is 16.4. The second-order valence-electron chi connectivity index (χ2n) is 6.87. The van der Waals surface area contributed by atoms with Crippen molar-refractivity contribution in [1.29, 1.82) is 0 Å². The zero-order valence-electron chi connectivity index (χ0n) is 14.0. The molecule has 1 amide bonds. The molecule has 2 fully saturated rings. The van der Waals surface area contributed by atoms with Gasteiger partial charge in [0.2, 0.25) is 0 Å². The first-order chi connectivity index (χ1) is 11.5. The van der Waals surface area contributed by atoms with E-state index in [9.17, 15) is 18.7 Å². The number of likely N-dealkylation sites (tertiary alicyclic amines) is 2. The van der Waals surface area contributed by atoms with Gasteiger partial charge in [0.1, 0.15) is 0 Å². The number of hydrogen-bond donors (Lipinski definition) is 1. The Morgan fingerprint density at radius 3 is 2.50 bits per heavy atom. The molecule has 0 aliphatic carbocycles. The first kappa shape index (κ1) is 17.3. The van der Waals surface area contributed by atoms with Crippen molar-refractivity contribution in [1.82, 2.24) is 9.80 Å². The fraction of sp³-hybridized carbons (Fsp3) is 0.611. The van der Waals surface area contributed by atoms with E-state index in [0.717, 1.165) is 32.2 Å². The van der Waals surface area contributed by atoms with Crippen LogP contribution in [0, 0.1) is 18.6 Å². The minimum absolute atomic E-state index is 0.190. The van der Waals surface area contributed by atoms with Gasteiger partial charge in [0.05, 0.1) is 11.7 Å². The third kappa shape index (κ3) is 3.44. The predicted octanol–water partition coefficient (Wildman–Crippen LogP) is 2.33. The smallest absolute Gasteiger partial charge is 0.256 e. The quantitative estimate of drug-likeness (QED) is 0.900. The molecule has 4 nitrogen and oxygen atoms in total. The maximum Gasteiger partial charge on any atom is 0.256 e. The molecule has 0 saturated carbocycles. The highest BCUT2D eigenvalue weighted by Crippen LogP contribution is 2.23. The molecule has 1 aromatic rings. The topological polar surface area (TPSA) is 43.8 Å². The van der Waals surface area contributed by atoms with E-state index in [-0.39, 0.29) is 17.2 Å². The molecule has 3 rings (SSSR count). The highest BCUT2D eigenvalue weighted by Gasteiger charge is 2.31. The Hall–Kier alpha value is -1.53. The third-order valence-electron chi connectivity index (χ3n) is 5.20. The van der Waals surface area contributed by atoms with Gasteiger partial charge in [-0.05, 0) is 50.8 Å². The van der Waals surface area contributed by atoms with Gasteiger partial charge in [-0.15, -0.1) is 0 Å². The number of β-amino-alcohol motifs (C(OH)–C–C–N with tert-alkyl or cyclic N) is 1. The van der Waals surface area contributed by atoms with E-state index >= 15 is 0 Å². The minimum atomic E-state index is -1.05. The normalized spacial score (nSPS) is 23.5. The number of amides is 1. The molecular weight excluding hydrogens is 314 g/mol. The van der Waals surface area contributed by atoms with Crippen LogP contribution in [0.25, 0.3) is 0 Å². The number of benzene rings is 1. The van der Waals surface area contributed by atoms with Crippen molar-refractivity contribution in [3.05, 3.63) is 34.9 Å². The second kappa shape index (κ2) is 7.15. The highest BCUT2D eigenvalue weighted by molar-refractivity contribution is 5.94. The van der Waals surface area contributed by atoms with Crippen LogP contribution >= 0.6 is 0 Å². The molecule has 0 spiro atoms. The molecule has 0 aromatic heterocycles. The van der Waals surface area contributed by atoms with Gasteiger partial charge < -0.3 is 10.0 Å². The van der Waals surface area contributed by atoms with E-state index in [1.54, 1.807) is 4.90 Å². The number of rotatable bonds is 2. The molecule has 6 heteroatoms. The van der Waals surface area contributed by atoms with Crippen molar-refractivity contribution in [2.24, 2.45) is 0 Å². The van der Waals surface area contributed by atoms with Crippen molar-refractivity contribution in [3.8, 4) is 0 Å². The fourth-order valence-electron chi connectivity index (χ4n) is 3.73. The van der Waals surface area contributed by atoms with Crippen LogP contribution < -0.4 is 0 Å². The van der Waals surface area contributed by atoms with Gasteiger partial charge in [0.15, 0.2) is 11.6 Å². The second-order valence-corrected chi connectivity index (χ2v) is 6.87. The maximum atomic E-state index is 14.0. The monoisotopic (exact) mass is 338 g/mol. The number of aliphatic hydroxyl groups is 1. The van der Waals surface area contributed by atoms with E-state index < -0.39 is 17.5 Å². The SMILES string of the molecule is Cc1ccc(C(=O)N2CCC(N3CCC[C@H](O)C3)CC2)c(F)c1F. The lowest BCUT2D eigenvalue weighted by Crippen LogP contribution is -2.50. The highest BCUT2D eigenvalue weighted by atomic mass is 19.2. The van der Waals surface area contributed by atoms with Crippen LogP contribution in [-0.2, 0) is 0 Å². The third-order valence-corrected chi connectivity index (χ3v) is 5.20. The molecule has 0 bridgehead atoms. The van der Waals surface area contributed by atoms with Gasteiger partial charge in [-0.2, -0.15) is 0 Å². The predicted molar refractivity (Wildman–Crippen MR) is 86.8 cm³/mol. The number of aliphatic hydroxyl groups excluding tert-OH is 1. The summed E-state index contributed by atoms with van der Waals surface area (Å²) in [7, 11) is 0. The van der Waals surface area contributed by atoms with Crippen molar-refractivity contribution < 1.29 is 18.7 Å². The van der Waals surface area contributed by atoms with Crippen molar-refractivity contribution in [3.63, 3.8) is 0 Å². The van der Waals surface area contributed by atoms with Crippen LogP contribution in [0.1, 0.15) is 41.6 Å². The van der Waals surface area contributed by atoms with E-state index in [0.29, 0.717) is 25.7 Å². The molecule has 2 heterocycles. The summed E-state index contributed by atoms with van der Waals surface area (Å²) >= 11 is 0. The van der Waals surface area contributed by atoms with Gasteiger partial charge in [-0.1, -0.05) is 6.07 Å². The van der Waals surface area contributed by atoms with Crippen LogP contribution in [0.2, 0.25) is 0 Å². The number of hydrogen-bond acceptors (Lipinski definition) is 3. The summed E-state index contributed by atoms with van der Waals surface area (Å²) in [6.07, 6.45) is 3.19. The Morgan fingerprint density at radius 1 is 1.12 bits per heavy atom. The molecular formula is C18H24F2N2O2. The summed E-state index contributed by atoms with van der Waals surface area (Å²) in [5.41, 5.74) is 0.0105. The zero-order chi connectivity index (χ0) is 17.3. The Morgan fingerprint density at radius 2 is 1.83 bits per heavy atom. The number of nitrogens with zero attached hydrogens (tertiary/aromatic N) is 2. The number of piperidine rings is 2. The Labute approximate surface area is 141 Å². The Bertz CT molecular complexity index is 615. The minimum Gasteiger partial charge on any atom is -0.392 e. The lowest BCUT2D eigenvalue weighted by atomic mass is 9.98. The number of carbonyl (C=O) groups is 1. The van der Waals surface area contributed by atoms with Gasteiger partial charge in [0, 0.05) is 25.7 Å². The Balaban J connectivity index is 1.62. The fourth-order valence-corrected chi connectivity index (χ4v) is 3.73. The van der Waals surface area contributed by atoms with E-state index in [4.69, 9.17) is 0 Å². The maximum absolute atomic E-state index is 14.0. The lowest BCUT2D eigenvalue weighted by molar-refractivity contribution is 0.0239. The molecule has 2 aliphatic heterocycles. The average Bonchev–Trinajstić information content (AvgIpc) is 2.59. The number of carbonyl (C=O) groups excluding carboxylic acids is 1. The van der Waals surface area contributed by atoms with Gasteiger partial charge >= 0.3 is 0 Å². The number of aryl methyl sites for hydroxylation is 1. The average molecular weight is 338 g/mol. The van der Waals surface area contributed by atoms with Gasteiger partial charge in [-0.3, -0.25) is 9.69 Å². The first-order valence-corrected chi connectivity index (χ1v) is 8.63. The molecule has 24 heavy (non-hydrogen) atoms.